The second-order valence-corrected chi connectivity index (χ2v) is 5.87. The Morgan fingerprint density at radius 1 is 1.35 bits per heavy atom. The first-order valence-corrected chi connectivity index (χ1v) is 7.56. The zero-order chi connectivity index (χ0) is 13.9. The van der Waals surface area contributed by atoms with E-state index in [4.69, 9.17) is 4.74 Å². The van der Waals surface area contributed by atoms with Crippen LogP contribution in [0.25, 0.3) is 0 Å². The van der Waals surface area contributed by atoms with Crippen molar-refractivity contribution in [3.63, 3.8) is 0 Å². The Labute approximate surface area is 120 Å². The van der Waals surface area contributed by atoms with Crippen molar-refractivity contribution in [2.75, 3.05) is 33.3 Å². The standard InChI is InChI=1S/C16H23FN2O/c1-20-16-5-4-13(17)11-14(16)15(10-12-2-3-12)19-8-6-18-7-9-19/h4-5,11-12,15,18H,2-3,6-10H2,1H3/t15-/m0/s1. The summed E-state index contributed by atoms with van der Waals surface area (Å²) in [6.07, 6.45) is 3.76. The number of hydrogen-bond acceptors (Lipinski definition) is 3. The SMILES string of the molecule is COc1ccc(F)cc1[C@H](CC1CC1)N1CCNCC1. The summed E-state index contributed by atoms with van der Waals surface area (Å²) in [4.78, 5) is 2.48. The zero-order valence-electron chi connectivity index (χ0n) is 12.1. The highest BCUT2D eigenvalue weighted by Gasteiger charge is 2.32. The van der Waals surface area contributed by atoms with Gasteiger partial charge in [-0.2, -0.15) is 0 Å². The van der Waals surface area contributed by atoms with Gasteiger partial charge in [0.2, 0.25) is 0 Å². The minimum atomic E-state index is -0.170. The molecule has 1 saturated heterocycles. The van der Waals surface area contributed by atoms with E-state index in [0.29, 0.717) is 0 Å². The molecule has 1 N–H and O–H groups in total. The predicted octanol–water partition coefficient (Wildman–Crippen LogP) is 2.58. The van der Waals surface area contributed by atoms with Gasteiger partial charge < -0.3 is 10.1 Å². The topological polar surface area (TPSA) is 24.5 Å². The van der Waals surface area contributed by atoms with Crippen LogP contribution in [0, 0.1) is 11.7 Å². The van der Waals surface area contributed by atoms with Crippen LogP contribution in [0.2, 0.25) is 0 Å². The highest BCUT2D eigenvalue weighted by molar-refractivity contribution is 5.37. The van der Waals surface area contributed by atoms with Gasteiger partial charge in [0, 0.05) is 37.8 Å². The lowest BCUT2D eigenvalue weighted by molar-refractivity contribution is 0.157. The summed E-state index contributed by atoms with van der Waals surface area (Å²) >= 11 is 0. The van der Waals surface area contributed by atoms with Gasteiger partial charge in [-0.3, -0.25) is 4.90 Å². The maximum Gasteiger partial charge on any atom is 0.123 e. The van der Waals surface area contributed by atoms with Crippen molar-refractivity contribution in [2.45, 2.75) is 25.3 Å². The number of nitrogens with zero attached hydrogens (tertiary/aromatic N) is 1. The van der Waals surface area contributed by atoms with Crippen molar-refractivity contribution in [3.05, 3.63) is 29.6 Å². The normalized spacial score (nSPS) is 21.7. The number of benzene rings is 1. The fourth-order valence-electron chi connectivity index (χ4n) is 3.10. The van der Waals surface area contributed by atoms with Crippen LogP contribution < -0.4 is 10.1 Å². The van der Waals surface area contributed by atoms with Gasteiger partial charge in [-0.25, -0.2) is 4.39 Å². The van der Waals surface area contributed by atoms with Crippen molar-refractivity contribution >= 4 is 0 Å². The molecule has 1 aromatic rings. The largest absolute Gasteiger partial charge is 0.496 e. The van der Waals surface area contributed by atoms with Gasteiger partial charge in [0.1, 0.15) is 11.6 Å². The minimum absolute atomic E-state index is 0.170. The summed E-state index contributed by atoms with van der Waals surface area (Å²) in [7, 11) is 1.67. The van der Waals surface area contributed by atoms with E-state index < -0.39 is 0 Å². The lowest BCUT2D eigenvalue weighted by Gasteiger charge is -2.36. The minimum Gasteiger partial charge on any atom is -0.496 e. The molecule has 1 atom stereocenters. The van der Waals surface area contributed by atoms with Crippen LogP contribution in [0.3, 0.4) is 0 Å². The van der Waals surface area contributed by atoms with Gasteiger partial charge in [-0.1, -0.05) is 12.8 Å². The molecule has 3 nitrogen and oxygen atoms in total. The van der Waals surface area contributed by atoms with Gasteiger partial charge in [-0.05, 0) is 30.5 Å². The van der Waals surface area contributed by atoms with Gasteiger partial charge >= 0.3 is 0 Å². The molecular weight excluding hydrogens is 255 g/mol. The van der Waals surface area contributed by atoms with Crippen molar-refractivity contribution in [1.29, 1.82) is 0 Å². The van der Waals surface area contributed by atoms with Gasteiger partial charge in [0.05, 0.1) is 7.11 Å². The molecular formula is C16H23FN2O. The van der Waals surface area contributed by atoms with Gasteiger partial charge in [-0.15, -0.1) is 0 Å². The van der Waals surface area contributed by atoms with Crippen molar-refractivity contribution < 1.29 is 9.13 Å². The highest BCUT2D eigenvalue weighted by atomic mass is 19.1. The van der Waals surface area contributed by atoms with E-state index in [0.717, 1.165) is 49.8 Å². The van der Waals surface area contributed by atoms with Crippen LogP contribution in [0.4, 0.5) is 4.39 Å². The van der Waals surface area contributed by atoms with E-state index in [1.165, 1.54) is 18.9 Å². The smallest absolute Gasteiger partial charge is 0.123 e. The molecule has 1 heterocycles. The van der Waals surface area contributed by atoms with Gasteiger partial charge in [0.15, 0.2) is 0 Å². The summed E-state index contributed by atoms with van der Waals surface area (Å²) in [5, 5.41) is 3.38. The first-order valence-electron chi connectivity index (χ1n) is 7.56. The number of ether oxygens (including phenoxy) is 1. The second-order valence-electron chi connectivity index (χ2n) is 5.87. The lowest BCUT2D eigenvalue weighted by atomic mass is 9.97. The summed E-state index contributed by atoms with van der Waals surface area (Å²) in [6, 6.07) is 5.19. The number of nitrogens with one attached hydrogen (secondary N) is 1. The number of hydrogen-bond donors (Lipinski definition) is 1. The third-order valence-corrected chi connectivity index (χ3v) is 4.40. The van der Waals surface area contributed by atoms with Crippen molar-refractivity contribution in [1.82, 2.24) is 10.2 Å². The van der Waals surface area contributed by atoms with E-state index in [1.807, 2.05) is 0 Å². The third-order valence-electron chi connectivity index (χ3n) is 4.40. The van der Waals surface area contributed by atoms with Crippen molar-refractivity contribution in [3.8, 4) is 5.75 Å². The van der Waals surface area contributed by atoms with Gasteiger partial charge in [0.25, 0.3) is 0 Å². The van der Waals surface area contributed by atoms with Crippen LogP contribution in [-0.4, -0.2) is 38.2 Å². The molecule has 110 valence electrons. The Kier molecular flexibility index (Phi) is 4.22. The molecule has 20 heavy (non-hydrogen) atoms. The average Bonchev–Trinajstić information content (AvgIpc) is 3.30. The van der Waals surface area contributed by atoms with Crippen molar-refractivity contribution in [2.24, 2.45) is 5.92 Å². The third kappa shape index (κ3) is 3.13. The van der Waals surface area contributed by atoms with E-state index in [-0.39, 0.29) is 11.9 Å². The summed E-state index contributed by atoms with van der Waals surface area (Å²) in [5.74, 6) is 1.45. The molecule has 0 radical (unpaired) electrons. The average molecular weight is 278 g/mol. The Morgan fingerprint density at radius 2 is 2.10 bits per heavy atom. The molecule has 1 aliphatic heterocycles. The molecule has 0 spiro atoms. The Bertz CT molecular complexity index is 456. The molecule has 0 bridgehead atoms. The maximum atomic E-state index is 13.7. The molecule has 4 heteroatoms. The molecule has 0 aromatic heterocycles. The number of methoxy groups -OCH3 is 1. The molecule has 2 fully saturated rings. The van der Waals surface area contributed by atoms with Crippen LogP contribution in [0.15, 0.2) is 18.2 Å². The summed E-state index contributed by atoms with van der Waals surface area (Å²) in [5.41, 5.74) is 1.02. The zero-order valence-corrected chi connectivity index (χ0v) is 12.1. The Hall–Kier alpha value is -1.13. The monoisotopic (exact) mass is 278 g/mol. The fourth-order valence-corrected chi connectivity index (χ4v) is 3.10. The van der Waals surface area contributed by atoms with Crippen LogP contribution in [0.1, 0.15) is 30.9 Å². The highest BCUT2D eigenvalue weighted by Crippen LogP contribution is 2.42. The number of halogens is 1. The first-order chi connectivity index (χ1) is 9.78. The first kappa shape index (κ1) is 13.8. The van der Waals surface area contributed by atoms with E-state index >= 15 is 0 Å². The molecule has 1 aliphatic carbocycles. The fraction of sp³-hybridized carbons (Fsp3) is 0.625. The Balaban J connectivity index is 1.88. The summed E-state index contributed by atoms with van der Waals surface area (Å²) in [6.45, 7) is 4.08. The molecule has 0 unspecified atom stereocenters. The van der Waals surface area contributed by atoms with E-state index in [2.05, 4.69) is 10.2 Å². The number of rotatable bonds is 5. The molecule has 3 rings (SSSR count). The number of piperazine rings is 1. The molecule has 1 saturated carbocycles. The van der Waals surface area contributed by atoms with E-state index in [9.17, 15) is 4.39 Å². The van der Waals surface area contributed by atoms with Crippen LogP contribution >= 0.6 is 0 Å². The lowest BCUT2D eigenvalue weighted by Crippen LogP contribution is -2.45. The maximum absolute atomic E-state index is 13.7. The quantitative estimate of drug-likeness (QED) is 0.896. The predicted molar refractivity (Wildman–Crippen MR) is 77.5 cm³/mol. The molecule has 1 aromatic carbocycles. The van der Waals surface area contributed by atoms with Crippen LogP contribution in [0.5, 0.6) is 5.75 Å². The second kappa shape index (κ2) is 6.10. The van der Waals surface area contributed by atoms with E-state index in [1.54, 1.807) is 19.2 Å². The molecule has 0 amide bonds. The summed E-state index contributed by atoms with van der Waals surface area (Å²) < 4.78 is 19.1. The Morgan fingerprint density at radius 3 is 2.75 bits per heavy atom. The molecule has 2 aliphatic rings. The van der Waals surface area contributed by atoms with Crippen LogP contribution in [-0.2, 0) is 0 Å².